The number of rotatable bonds is 9. The van der Waals surface area contributed by atoms with E-state index in [0.717, 1.165) is 64.2 Å². The number of urea groups is 1. The van der Waals surface area contributed by atoms with Gasteiger partial charge in [-0.3, -0.25) is 9.47 Å². The van der Waals surface area contributed by atoms with E-state index in [1.165, 1.54) is 0 Å². The second kappa shape index (κ2) is 12.1. The van der Waals surface area contributed by atoms with Gasteiger partial charge in [-0.05, 0) is 72.0 Å². The zero-order valence-corrected chi connectivity index (χ0v) is 23.6. The molecule has 1 aromatic heterocycles. The van der Waals surface area contributed by atoms with E-state index in [9.17, 15) is 14.7 Å². The number of unbranched alkanes of at least 4 members (excludes halogenated alkanes) is 1. The number of fused-ring (bicyclic) bond motifs is 1. The smallest absolute Gasteiger partial charge is 0.336 e. The van der Waals surface area contributed by atoms with Crippen LogP contribution in [0.2, 0.25) is 0 Å². The monoisotopic (exact) mass is 546 g/mol. The van der Waals surface area contributed by atoms with Gasteiger partial charge in [0.2, 0.25) is 0 Å². The van der Waals surface area contributed by atoms with Crippen LogP contribution in [-0.4, -0.2) is 33.7 Å². The number of carbonyl (C=O) groups excluding carboxylic acids is 1. The lowest BCUT2D eigenvalue weighted by Gasteiger charge is -2.23. The van der Waals surface area contributed by atoms with E-state index in [0.29, 0.717) is 12.1 Å². The second-order valence-corrected chi connectivity index (χ2v) is 10.1. The van der Waals surface area contributed by atoms with E-state index in [2.05, 4.69) is 22.9 Å². The van der Waals surface area contributed by atoms with Crippen molar-refractivity contribution in [1.29, 1.82) is 0 Å². The number of carboxylic acids is 1. The maximum absolute atomic E-state index is 13.0. The number of aromatic carboxylic acids is 1. The van der Waals surface area contributed by atoms with Gasteiger partial charge >= 0.3 is 12.0 Å². The van der Waals surface area contributed by atoms with Crippen molar-refractivity contribution in [3.05, 3.63) is 114 Å². The van der Waals surface area contributed by atoms with Gasteiger partial charge in [-0.2, -0.15) is 0 Å². The molecule has 0 aliphatic rings. The molecule has 2 amide bonds. The van der Waals surface area contributed by atoms with Crippen molar-refractivity contribution < 1.29 is 14.7 Å². The molecule has 0 fully saturated rings. The summed E-state index contributed by atoms with van der Waals surface area (Å²) in [5.41, 5.74) is 7.32. The number of anilines is 1. The van der Waals surface area contributed by atoms with Crippen LogP contribution < -0.4 is 10.2 Å². The number of hydrogen-bond acceptors (Lipinski definition) is 3. The number of carbonyl (C=O) groups is 2. The molecule has 5 rings (SSSR count). The number of benzene rings is 4. The Morgan fingerprint density at radius 3 is 2.39 bits per heavy atom. The van der Waals surface area contributed by atoms with Crippen LogP contribution in [0.1, 0.15) is 47.1 Å². The molecule has 0 aliphatic carbocycles. The summed E-state index contributed by atoms with van der Waals surface area (Å²) in [6.45, 7) is 4.59. The van der Waals surface area contributed by atoms with Crippen molar-refractivity contribution in [2.45, 2.75) is 39.7 Å². The van der Waals surface area contributed by atoms with E-state index < -0.39 is 5.97 Å². The number of nitrogens with zero attached hydrogens (tertiary/aromatic N) is 3. The lowest BCUT2D eigenvalue weighted by molar-refractivity contribution is 0.0697. The highest BCUT2D eigenvalue weighted by molar-refractivity contribution is 5.97. The van der Waals surface area contributed by atoms with E-state index >= 15 is 0 Å². The van der Waals surface area contributed by atoms with Crippen LogP contribution in [0.4, 0.5) is 10.5 Å². The van der Waals surface area contributed by atoms with Gasteiger partial charge in [0.1, 0.15) is 5.82 Å². The van der Waals surface area contributed by atoms with Gasteiger partial charge in [0.15, 0.2) is 0 Å². The predicted octanol–water partition coefficient (Wildman–Crippen LogP) is 7.39. The van der Waals surface area contributed by atoms with Crippen LogP contribution in [0.3, 0.4) is 0 Å². The summed E-state index contributed by atoms with van der Waals surface area (Å²) in [7, 11) is 1.64. The summed E-state index contributed by atoms with van der Waals surface area (Å²) in [6.07, 6.45) is 2.85. The maximum Gasteiger partial charge on any atom is 0.336 e. The van der Waals surface area contributed by atoms with E-state index in [-0.39, 0.29) is 11.6 Å². The van der Waals surface area contributed by atoms with Gasteiger partial charge in [0.25, 0.3) is 0 Å². The highest BCUT2D eigenvalue weighted by Crippen LogP contribution is 2.32. The molecular weight excluding hydrogens is 512 g/mol. The van der Waals surface area contributed by atoms with Crippen LogP contribution in [0.15, 0.2) is 91.0 Å². The molecule has 0 atom stereocenters. The zero-order chi connectivity index (χ0) is 28.9. The quantitative estimate of drug-likeness (QED) is 0.202. The molecule has 0 spiro atoms. The SMILES string of the molecule is CCCCc1nc2ccc(N(Cc3ccccc3)C(=O)NC)cc2n1-c1ccc(-c2ccccc2C(=O)O)c(C)c1. The predicted molar refractivity (Wildman–Crippen MR) is 164 cm³/mol. The van der Waals surface area contributed by atoms with Gasteiger partial charge in [-0.25, -0.2) is 14.6 Å². The molecule has 0 saturated carbocycles. The van der Waals surface area contributed by atoms with Gasteiger partial charge in [-0.1, -0.05) is 67.9 Å². The molecule has 208 valence electrons. The third-order valence-electron chi connectivity index (χ3n) is 7.33. The molecule has 2 N–H and O–H groups in total. The van der Waals surface area contributed by atoms with E-state index in [1.807, 2.05) is 79.7 Å². The Kier molecular flexibility index (Phi) is 8.15. The molecular formula is C34H34N4O3. The normalized spacial score (nSPS) is 11.0. The first-order valence-electron chi connectivity index (χ1n) is 13.9. The van der Waals surface area contributed by atoms with Gasteiger partial charge < -0.3 is 10.4 Å². The van der Waals surface area contributed by atoms with Crippen molar-refractivity contribution in [2.75, 3.05) is 11.9 Å². The Morgan fingerprint density at radius 1 is 0.927 bits per heavy atom. The highest BCUT2D eigenvalue weighted by Gasteiger charge is 2.20. The second-order valence-electron chi connectivity index (χ2n) is 10.1. The van der Waals surface area contributed by atoms with Crippen molar-refractivity contribution >= 4 is 28.7 Å². The average molecular weight is 547 g/mol. The van der Waals surface area contributed by atoms with E-state index in [4.69, 9.17) is 4.98 Å². The number of carboxylic acid groups (broad SMARTS) is 1. The number of aromatic nitrogens is 2. The number of nitrogens with one attached hydrogen (secondary N) is 1. The minimum Gasteiger partial charge on any atom is -0.478 e. The summed E-state index contributed by atoms with van der Waals surface area (Å²) < 4.78 is 2.17. The number of aryl methyl sites for hydroxylation is 2. The summed E-state index contributed by atoms with van der Waals surface area (Å²) in [5, 5.41) is 12.5. The number of amides is 2. The molecule has 0 radical (unpaired) electrons. The summed E-state index contributed by atoms with van der Waals surface area (Å²) in [4.78, 5) is 31.6. The molecule has 41 heavy (non-hydrogen) atoms. The molecule has 7 heteroatoms. The first kappa shape index (κ1) is 27.6. The standard InChI is InChI=1S/C34H34N4O3/c1-4-5-15-32-36-30-19-17-25(37(34(41)35-3)22-24-11-7-6-8-12-24)21-31(30)38(32)26-16-18-27(23(2)20-26)28-13-9-10-14-29(28)33(39)40/h6-14,16-21H,4-5,15,22H2,1-3H3,(H,35,41)(H,39,40). The van der Waals surface area contributed by atoms with Crippen LogP contribution in [0, 0.1) is 6.92 Å². The minimum atomic E-state index is -0.949. The fourth-order valence-corrected chi connectivity index (χ4v) is 5.25. The first-order chi connectivity index (χ1) is 19.9. The Morgan fingerprint density at radius 2 is 1.68 bits per heavy atom. The molecule has 0 aliphatic heterocycles. The Hall–Kier alpha value is -4.91. The fourth-order valence-electron chi connectivity index (χ4n) is 5.25. The third-order valence-corrected chi connectivity index (χ3v) is 7.33. The van der Waals surface area contributed by atoms with Crippen molar-refractivity contribution in [3.8, 4) is 16.8 Å². The molecule has 0 bridgehead atoms. The third kappa shape index (κ3) is 5.70. The Labute approximate surface area is 240 Å². The Balaban J connectivity index is 1.63. The maximum atomic E-state index is 13.0. The largest absolute Gasteiger partial charge is 0.478 e. The van der Waals surface area contributed by atoms with Crippen LogP contribution in [-0.2, 0) is 13.0 Å². The zero-order valence-electron chi connectivity index (χ0n) is 23.6. The van der Waals surface area contributed by atoms with Crippen molar-refractivity contribution in [1.82, 2.24) is 14.9 Å². The number of hydrogen-bond donors (Lipinski definition) is 2. The fraction of sp³-hybridized carbons (Fsp3) is 0.206. The van der Waals surface area contributed by atoms with Crippen LogP contribution in [0.25, 0.3) is 27.8 Å². The summed E-state index contributed by atoms with van der Waals surface area (Å²) >= 11 is 0. The number of imidazole rings is 1. The topological polar surface area (TPSA) is 87.5 Å². The average Bonchev–Trinajstić information content (AvgIpc) is 3.36. The molecule has 1 heterocycles. The summed E-state index contributed by atoms with van der Waals surface area (Å²) in [6, 6.07) is 28.8. The molecule has 0 saturated heterocycles. The van der Waals surface area contributed by atoms with Crippen molar-refractivity contribution in [3.63, 3.8) is 0 Å². The molecule has 5 aromatic rings. The summed E-state index contributed by atoms with van der Waals surface area (Å²) in [5.74, 6) is 0.00173. The lowest BCUT2D eigenvalue weighted by Crippen LogP contribution is -2.37. The lowest BCUT2D eigenvalue weighted by atomic mass is 9.95. The van der Waals surface area contributed by atoms with Gasteiger partial charge in [0.05, 0.1) is 23.1 Å². The van der Waals surface area contributed by atoms with E-state index in [1.54, 1.807) is 24.1 Å². The Bertz CT molecular complexity index is 1710. The molecule has 4 aromatic carbocycles. The van der Waals surface area contributed by atoms with Gasteiger partial charge in [0, 0.05) is 24.8 Å². The van der Waals surface area contributed by atoms with Gasteiger partial charge in [-0.15, -0.1) is 0 Å². The first-order valence-corrected chi connectivity index (χ1v) is 13.9. The van der Waals surface area contributed by atoms with Crippen LogP contribution in [0.5, 0.6) is 0 Å². The van der Waals surface area contributed by atoms with Crippen LogP contribution >= 0.6 is 0 Å². The molecule has 7 nitrogen and oxygen atoms in total. The molecule has 0 unspecified atom stereocenters. The minimum absolute atomic E-state index is 0.192. The van der Waals surface area contributed by atoms with Crippen molar-refractivity contribution in [2.24, 2.45) is 0 Å². The highest BCUT2D eigenvalue weighted by atomic mass is 16.4.